The molecule has 4 rings (SSSR count). The first kappa shape index (κ1) is 20.2. The van der Waals surface area contributed by atoms with E-state index in [-0.39, 0.29) is 24.2 Å². The largest absolute Gasteiger partial charge is 0.508 e. The Labute approximate surface area is 172 Å². The number of carbonyl (C=O) groups is 3. The smallest absolute Gasteiger partial charge is 0.255 e. The highest BCUT2D eigenvalue weighted by molar-refractivity contribution is 6.22. The molecule has 0 radical (unpaired) electrons. The van der Waals surface area contributed by atoms with Gasteiger partial charge in [-0.3, -0.25) is 14.4 Å². The Morgan fingerprint density at radius 3 is 2.67 bits per heavy atom. The molecule has 0 unspecified atom stereocenters. The van der Waals surface area contributed by atoms with Crippen molar-refractivity contribution in [1.82, 2.24) is 0 Å². The van der Waals surface area contributed by atoms with Gasteiger partial charge in [0.15, 0.2) is 11.4 Å². The first-order chi connectivity index (χ1) is 14.2. The normalized spacial score (nSPS) is 28.1. The number of hydrogen-bond acceptors (Lipinski definition) is 7. The monoisotopic (exact) mass is 413 g/mol. The molecule has 158 valence electrons. The predicted molar refractivity (Wildman–Crippen MR) is 106 cm³/mol. The average molecular weight is 413 g/mol. The molecule has 30 heavy (non-hydrogen) atoms. The summed E-state index contributed by atoms with van der Waals surface area (Å²) in [5.74, 6) is -5.09. The number of primary amides is 1. The quantitative estimate of drug-likeness (QED) is 0.547. The van der Waals surface area contributed by atoms with Crippen LogP contribution in [0.1, 0.15) is 37.3 Å². The van der Waals surface area contributed by atoms with Crippen LogP contribution in [0, 0.1) is 11.8 Å². The van der Waals surface area contributed by atoms with Gasteiger partial charge in [0.05, 0.1) is 12.2 Å². The van der Waals surface area contributed by atoms with Crippen LogP contribution in [0.5, 0.6) is 5.75 Å². The van der Waals surface area contributed by atoms with E-state index in [1.54, 1.807) is 12.1 Å². The molecular weight excluding hydrogens is 390 g/mol. The molecule has 5 N–H and O–H groups in total. The first-order valence-electron chi connectivity index (χ1n) is 9.93. The maximum absolute atomic E-state index is 13.4. The summed E-state index contributed by atoms with van der Waals surface area (Å²) in [6.07, 6.45) is 1.06. The van der Waals surface area contributed by atoms with E-state index in [0.29, 0.717) is 24.3 Å². The van der Waals surface area contributed by atoms with Gasteiger partial charge < -0.3 is 25.8 Å². The standard InChI is InChI=1S/C22H23NO7/c1-2-6-30-14-5-3-4-10-7-11-8-12-9-13(24)17(21(23)28)20(27)22(12,29)19(26)16(11)18(25)15(10)14/h3-5,11-12,25,27,29H,2,6-9H2,1H3,(H2,23,28)/t11-,12-,22-/m0/s1. The Kier molecular flexibility index (Phi) is 4.69. The lowest BCUT2D eigenvalue weighted by Crippen LogP contribution is -2.58. The summed E-state index contributed by atoms with van der Waals surface area (Å²) in [5, 5.41) is 32.8. The molecule has 8 heteroatoms. The van der Waals surface area contributed by atoms with Gasteiger partial charge in [-0.2, -0.15) is 0 Å². The van der Waals surface area contributed by atoms with E-state index in [1.807, 2.05) is 13.0 Å². The molecule has 1 aromatic carbocycles. The number of ether oxygens (including phenoxy) is 1. The highest BCUT2D eigenvalue weighted by atomic mass is 16.5. The third-order valence-electron chi connectivity index (χ3n) is 6.25. The van der Waals surface area contributed by atoms with Crippen molar-refractivity contribution in [2.24, 2.45) is 17.6 Å². The minimum Gasteiger partial charge on any atom is -0.508 e. The number of aliphatic hydroxyl groups excluding tert-OH is 2. The van der Waals surface area contributed by atoms with Crippen molar-refractivity contribution in [2.75, 3.05) is 6.61 Å². The lowest BCUT2D eigenvalue weighted by molar-refractivity contribution is -0.147. The van der Waals surface area contributed by atoms with Crippen LogP contribution in [0.3, 0.4) is 0 Å². The summed E-state index contributed by atoms with van der Waals surface area (Å²) in [7, 11) is 0. The molecule has 3 atom stereocenters. The Hall–Kier alpha value is -3.13. The maximum Gasteiger partial charge on any atom is 0.255 e. The van der Waals surface area contributed by atoms with E-state index < -0.39 is 46.2 Å². The van der Waals surface area contributed by atoms with E-state index in [0.717, 1.165) is 12.0 Å². The van der Waals surface area contributed by atoms with Crippen LogP contribution in [0.15, 0.2) is 35.1 Å². The molecule has 1 amide bonds. The molecule has 0 aliphatic heterocycles. The fraction of sp³-hybridized carbons (Fsp3) is 0.409. The van der Waals surface area contributed by atoms with E-state index in [9.17, 15) is 29.7 Å². The number of fused-ring (bicyclic) bond motifs is 3. The highest BCUT2D eigenvalue weighted by Gasteiger charge is 2.60. The Morgan fingerprint density at radius 2 is 2.00 bits per heavy atom. The van der Waals surface area contributed by atoms with Crippen LogP contribution in [0.25, 0.3) is 5.76 Å². The van der Waals surface area contributed by atoms with E-state index in [1.165, 1.54) is 0 Å². The van der Waals surface area contributed by atoms with Crippen molar-refractivity contribution in [2.45, 2.75) is 38.2 Å². The summed E-state index contributed by atoms with van der Waals surface area (Å²) in [6, 6.07) is 5.33. The van der Waals surface area contributed by atoms with Crippen LogP contribution in [-0.2, 0) is 20.8 Å². The summed E-state index contributed by atoms with van der Waals surface area (Å²) < 4.78 is 5.72. The number of carbonyl (C=O) groups excluding carboxylic acids is 3. The Balaban J connectivity index is 1.88. The summed E-state index contributed by atoms with van der Waals surface area (Å²) in [6.45, 7) is 2.37. The van der Waals surface area contributed by atoms with Crippen molar-refractivity contribution >= 4 is 23.2 Å². The molecule has 1 fully saturated rings. The fourth-order valence-corrected chi connectivity index (χ4v) is 4.88. The number of amides is 1. The molecule has 0 aromatic heterocycles. The van der Waals surface area contributed by atoms with Gasteiger partial charge in [0, 0.05) is 17.9 Å². The molecule has 1 aromatic rings. The second-order valence-corrected chi connectivity index (χ2v) is 8.05. The summed E-state index contributed by atoms with van der Waals surface area (Å²) in [5.41, 5.74) is 3.10. The molecule has 8 nitrogen and oxygen atoms in total. The third kappa shape index (κ3) is 2.67. The molecule has 1 saturated carbocycles. The number of hydrogen-bond donors (Lipinski definition) is 4. The zero-order chi connectivity index (χ0) is 21.8. The van der Waals surface area contributed by atoms with E-state index >= 15 is 0 Å². The topological polar surface area (TPSA) is 147 Å². The number of benzene rings is 1. The van der Waals surface area contributed by atoms with Crippen LogP contribution in [0.4, 0.5) is 0 Å². The minimum atomic E-state index is -2.48. The summed E-state index contributed by atoms with van der Waals surface area (Å²) >= 11 is 0. The number of Topliss-reactive ketones (excluding diaryl/α,β-unsaturated/α-hetero) is 2. The van der Waals surface area contributed by atoms with Crippen molar-refractivity contribution in [3.8, 4) is 5.75 Å². The highest BCUT2D eigenvalue weighted by Crippen LogP contribution is 2.51. The molecule has 0 bridgehead atoms. The number of nitrogens with two attached hydrogens (primary N) is 1. The van der Waals surface area contributed by atoms with Crippen LogP contribution >= 0.6 is 0 Å². The molecule has 3 aliphatic rings. The fourth-order valence-electron chi connectivity index (χ4n) is 4.88. The molecular formula is C22H23NO7. The maximum atomic E-state index is 13.4. The number of rotatable bonds is 4. The zero-order valence-corrected chi connectivity index (χ0v) is 16.5. The van der Waals surface area contributed by atoms with Crippen molar-refractivity contribution in [3.05, 3.63) is 46.2 Å². The first-order valence-corrected chi connectivity index (χ1v) is 9.93. The van der Waals surface area contributed by atoms with Gasteiger partial charge in [0.1, 0.15) is 22.8 Å². The predicted octanol–water partition coefficient (Wildman–Crippen LogP) is 1.51. The molecule has 0 heterocycles. The molecule has 0 spiro atoms. The van der Waals surface area contributed by atoms with Gasteiger partial charge in [0.2, 0.25) is 5.78 Å². The number of aliphatic hydroxyl groups is 3. The van der Waals surface area contributed by atoms with Gasteiger partial charge in [-0.05, 0) is 36.8 Å². The number of ketones is 2. The van der Waals surface area contributed by atoms with Crippen LogP contribution < -0.4 is 10.5 Å². The SMILES string of the molecule is CCCOc1cccc2c1C(O)=C1C(=O)[C@]3(O)C(O)=C(C(N)=O)C(=O)C[C@@H]3C[C@@H]1C2. The van der Waals surface area contributed by atoms with Gasteiger partial charge >= 0.3 is 0 Å². The van der Waals surface area contributed by atoms with Crippen LogP contribution in [0.2, 0.25) is 0 Å². The van der Waals surface area contributed by atoms with Gasteiger partial charge in [-0.25, -0.2) is 0 Å². The lowest BCUT2D eigenvalue weighted by atomic mass is 9.59. The summed E-state index contributed by atoms with van der Waals surface area (Å²) in [4.78, 5) is 37.3. The van der Waals surface area contributed by atoms with Crippen molar-refractivity contribution in [3.63, 3.8) is 0 Å². The van der Waals surface area contributed by atoms with Crippen LogP contribution in [-0.4, -0.2) is 45.0 Å². The molecule has 3 aliphatic carbocycles. The lowest BCUT2D eigenvalue weighted by Gasteiger charge is -2.46. The molecule has 0 saturated heterocycles. The Bertz CT molecular complexity index is 1040. The van der Waals surface area contributed by atoms with Gasteiger partial charge in [-0.1, -0.05) is 19.1 Å². The van der Waals surface area contributed by atoms with E-state index in [2.05, 4.69) is 0 Å². The van der Waals surface area contributed by atoms with E-state index in [4.69, 9.17) is 10.5 Å². The van der Waals surface area contributed by atoms with Gasteiger partial charge in [-0.15, -0.1) is 0 Å². The Morgan fingerprint density at radius 1 is 1.27 bits per heavy atom. The second-order valence-electron chi connectivity index (χ2n) is 8.05. The van der Waals surface area contributed by atoms with Gasteiger partial charge in [0.25, 0.3) is 5.91 Å². The average Bonchev–Trinajstić information content (AvgIpc) is 2.68. The van der Waals surface area contributed by atoms with Crippen molar-refractivity contribution in [1.29, 1.82) is 0 Å². The zero-order valence-electron chi connectivity index (χ0n) is 16.5. The minimum absolute atomic E-state index is 0.0292. The van der Waals surface area contributed by atoms with Crippen molar-refractivity contribution < 1.29 is 34.4 Å². The second kappa shape index (κ2) is 6.98. The third-order valence-corrected chi connectivity index (χ3v) is 6.25.